The van der Waals surface area contributed by atoms with Crippen LogP contribution in [0.4, 0.5) is 0 Å². The van der Waals surface area contributed by atoms with Gasteiger partial charge < -0.3 is 0 Å². The van der Waals surface area contributed by atoms with Crippen molar-refractivity contribution in [2.75, 3.05) is 0 Å². The average molecular weight is 647 g/mol. The molecule has 0 amide bonds. The van der Waals surface area contributed by atoms with E-state index in [1.807, 2.05) is 0 Å². The first kappa shape index (κ1) is 31.1. The van der Waals surface area contributed by atoms with E-state index >= 15 is 0 Å². The zero-order valence-electron chi connectivity index (χ0n) is 30.4. The molecule has 0 fully saturated rings. The molecule has 0 heteroatoms. The van der Waals surface area contributed by atoms with Gasteiger partial charge in [-0.15, -0.1) is 0 Å². The van der Waals surface area contributed by atoms with Gasteiger partial charge in [-0.05, 0) is 140 Å². The van der Waals surface area contributed by atoms with Crippen LogP contribution < -0.4 is 0 Å². The van der Waals surface area contributed by atoms with Crippen molar-refractivity contribution in [1.29, 1.82) is 0 Å². The van der Waals surface area contributed by atoms with Crippen LogP contribution in [0.25, 0.3) is 66.1 Å². The normalized spacial score (nSPS) is 14.8. The Morgan fingerprint density at radius 3 is 1.14 bits per heavy atom. The molecule has 2 aliphatic carbocycles. The van der Waals surface area contributed by atoms with E-state index in [2.05, 4.69) is 163 Å². The highest BCUT2D eigenvalue weighted by molar-refractivity contribution is 6.22. The standard InChI is InChI=1S/C50H46/c1-7-49(8-2)43-17-13-11-15-35(43)37-25-21-33(29-45(37)49)47-39-23-19-32(6)28-42(39)48(40-24-20-31(5)27-41(40)47)34-22-26-38-36-16-12-14-18-44(36)50(9-3,10-4)46(38)30-34/h11-30H,7-10H2,1-6H3. The molecule has 0 aliphatic heterocycles. The van der Waals surface area contributed by atoms with Gasteiger partial charge >= 0.3 is 0 Å². The van der Waals surface area contributed by atoms with Crippen molar-refractivity contribution in [2.45, 2.75) is 78.1 Å². The van der Waals surface area contributed by atoms with Crippen molar-refractivity contribution >= 4 is 21.5 Å². The summed E-state index contributed by atoms with van der Waals surface area (Å²) in [5.74, 6) is 0. The quantitative estimate of drug-likeness (QED) is 0.158. The van der Waals surface area contributed by atoms with Crippen LogP contribution in [0.15, 0.2) is 121 Å². The number of fused-ring (bicyclic) bond motifs is 8. The van der Waals surface area contributed by atoms with Crippen molar-refractivity contribution in [3.63, 3.8) is 0 Å². The van der Waals surface area contributed by atoms with Gasteiger partial charge in [-0.3, -0.25) is 0 Å². The second kappa shape index (κ2) is 11.3. The number of benzene rings is 7. The van der Waals surface area contributed by atoms with Gasteiger partial charge in [-0.1, -0.05) is 148 Å². The molecule has 0 heterocycles. The third-order valence-electron chi connectivity index (χ3n) is 13.0. The van der Waals surface area contributed by atoms with Gasteiger partial charge in [0, 0.05) is 10.8 Å². The lowest BCUT2D eigenvalue weighted by molar-refractivity contribution is 0.490. The van der Waals surface area contributed by atoms with Crippen LogP contribution in [0.2, 0.25) is 0 Å². The summed E-state index contributed by atoms with van der Waals surface area (Å²) in [6.07, 6.45) is 4.37. The Kier molecular flexibility index (Phi) is 7.02. The Hall–Kier alpha value is -4.94. The van der Waals surface area contributed by atoms with Gasteiger partial charge in [0.05, 0.1) is 0 Å². The van der Waals surface area contributed by atoms with Crippen molar-refractivity contribution in [1.82, 2.24) is 0 Å². The zero-order valence-corrected chi connectivity index (χ0v) is 30.4. The minimum atomic E-state index is 0.0348. The van der Waals surface area contributed by atoms with Crippen LogP contribution in [0, 0.1) is 13.8 Å². The lowest BCUT2D eigenvalue weighted by Gasteiger charge is -2.30. The van der Waals surface area contributed by atoms with Crippen molar-refractivity contribution in [2.24, 2.45) is 0 Å². The summed E-state index contributed by atoms with van der Waals surface area (Å²) >= 11 is 0. The summed E-state index contributed by atoms with van der Waals surface area (Å²) in [5, 5.41) is 5.34. The van der Waals surface area contributed by atoms with E-state index in [0.717, 1.165) is 25.7 Å². The minimum absolute atomic E-state index is 0.0348. The first-order chi connectivity index (χ1) is 24.4. The zero-order chi connectivity index (χ0) is 34.4. The van der Waals surface area contributed by atoms with Gasteiger partial charge in [-0.2, -0.15) is 0 Å². The molecule has 0 spiro atoms. The summed E-state index contributed by atoms with van der Waals surface area (Å²) in [6.45, 7) is 14.0. The first-order valence-corrected chi connectivity index (χ1v) is 18.8. The maximum atomic E-state index is 2.56. The lowest BCUT2D eigenvalue weighted by atomic mass is 9.73. The molecule has 9 rings (SSSR count). The Balaban J connectivity index is 1.34. The summed E-state index contributed by atoms with van der Waals surface area (Å²) in [5.41, 5.74) is 19.6. The van der Waals surface area contributed by atoms with Crippen LogP contribution in [0.1, 0.15) is 86.8 Å². The van der Waals surface area contributed by atoms with Crippen LogP contribution >= 0.6 is 0 Å². The fraction of sp³-hybridized carbons (Fsp3) is 0.240. The van der Waals surface area contributed by atoms with Crippen molar-refractivity contribution in [3.8, 4) is 44.5 Å². The number of aryl methyl sites for hydroxylation is 2. The Morgan fingerprint density at radius 1 is 0.360 bits per heavy atom. The molecule has 246 valence electrons. The molecule has 0 aromatic heterocycles. The molecule has 7 aromatic rings. The van der Waals surface area contributed by atoms with Crippen LogP contribution in [-0.4, -0.2) is 0 Å². The van der Waals surface area contributed by atoms with E-state index < -0.39 is 0 Å². The van der Waals surface area contributed by atoms with Gasteiger partial charge in [0.15, 0.2) is 0 Å². The fourth-order valence-corrected chi connectivity index (χ4v) is 10.3. The maximum absolute atomic E-state index is 2.56. The SMILES string of the molecule is CCC1(CC)c2ccccc2-c2ccc(-c3c4ccc(C)cc4c(-c4ccc5c(c4)C(CC)(CC)c4ccccc4-5)c4ccc(C)cc34)cc21. The molecule has 0 saturated heterocycles. The van der Waals surface area contributed by atoms with Crippen molar-refractivity contribution in [3.05, 3.63) is 155 Å². The molecule has 0 nitrogen and oxygen atoms in total. The number of rotatable bonds is 6. The lowest BCUT2D eigenvalue weighted by Crippen LogP contribution is -2.23. The van der Waals surface area contributed by atoms with E-state index in [9.17, 15) is 0 Å². The predicted molar refractivity (Wildman–Crippen MR) is 215 cm³/mol. The summed E-state index contributed by atoms with van der Waals surface area (Å²) in [7, 11) is 0. The van der Waals surface area contributed by atoms with Gasteiger partial charge in [0.1, 0.15) is 0 Å². The number of hydrogen-bond donors (Lipinski definition) is 0. The Morgan fingerprint density at radius 2 is 0.740 bits per heavy atom. The molecular weight excluding hydrogens is 601 g/mol. The monoisotopic (exact) mass is 646 g/mol. The molecule has 0 unspecified atom stereocenters. The average Bonchev–Trinajstić information content (AvgIpc) is 3.60. The van der Waals surface area contributed by atoms with Gasteiger partial charge in [0.2, 0.25) is 0 Å². The smallest absolute Gasteiger partial charge is 0.0210 e. The Bertz CT molecular complexity index is 2320. The highest BCUT2D eigenvalue weighted by Crippen LogP contribution is 2.56. The van der Waals surface area contributed by atoms with Crippen LogP contribution in [0.5, 0.6) is 0 Å². The van der Waals surface area contributed by atoms with Crippen LogP contribution in [-0.2, 0) is 10.8 Å². The van der Waals surface area contributed by atoms with Crippen LogP contribution in [0.3, 0.4) is 0 Å². The van der Waals surface area contributed by atoms with Crippen molar-refractivity contribution < 1.29 is 0 Å². The topological polar surface area (TPSA) is 0 Å². The molecule has 0 N–H and O–H groups in total. The van der Waals surface area contributed by atoms with Gasteiger partial charge in [-0.25, -0.2) is 0 Å². The highest BCUT2D eigenvalue weighted by Gasteiger charge is 2.42. The summed E-state index contributed by atoms with van der Waals surface area (Å²) in [4.78, 5) is 0. The minimum Gasteiger partial charge on any atom is -0.0642 e. The van der Waals surface area contributed by atoms with E-state index in [4.69, 9.17) is 0 Å². The third kappa shape index (κ3) is 4.06. The van der Waals surface area contributed by atoms with Gasteiger partial charge in [0.25, 0.3) is 0 Å². The Labute approximate surface area is 297 Å². The number of hydrogen-bond acceptors (Lipinski definition) is 0. The predicted octanol–water partition coefficient (Wildman–Crippen LogP) is 14.1. The third-order valence-corrected chi connectivity index (χ3v) is 13.0. The second-order valence-corrected chi connectivity index (χ2v) is 15.0. The molecule has 2 aliphatic rings. The summed E-state index contributed by atoms with van der Waals surface area (Å²) in [6, 6.07) is 47.3. The maximum Gasteiger partial charge on any atom is 0.0210 e. The molecule has 7 aromatic carbocycles. The molecular formula is C50H46. The molecule has 0 bridgehead atoms. The highest BCUT2D eigenvalue weighted by atomic mass is 14.4. The summed E-state index contributed by atoms with van der Waals surface area (Å²) < 4.78 is 0. The largest absolute Gasteiger partial charge is 0.0642 e. The van der Waals surface area contributed by atoms with E-state index in [1.165, 1.54) is 99.4 Å². The van der Waals surface area contributed by atoms with E-state index in [0.29, 0.717) is 0 Å². The second-order valence-electron chi connectivity index (χ2n) is 15.0. The van der Waals surface area contributed by atoms with E-state index in [-0.39, 0.29) is 10.8 Å². The molecule has 0 saturated carbocycles. The molecule has 0 radical (unpaired) electrons. The first-order valence-electron chi connectivity index (χ1n) is 18.8. The molecule has 50 heavy (non-hydrogen) atoms. The fourth-order valence-electron chi connectivity index (χ4n) is 10.3. The van der Waals surface area contributed by atoms with E-state index in [1.54, 1.807) is 0 Å². The molecule has 0 atom stereocenters.